The molecule has 1 heterocycles. The number of aryl methyl sites for hydroxylation is 2. The lowest BCUT2D eigenvalue weighted by atomic mass is 10.1. The molecule has 3 aromatic rings. The standard InChI is InChI=1S/C27H33N3O4/c1-5-16-33-20-23(31)18-30(15-17-32-4)19-25-26(22-9-7-6-8-10-22)28-29(3)27(25)34-24-13-11-21(2)12-14-24/h1,6-14,23,31H,15-20H2,2-4H3/t23-/m1/s1. The second kappa shape index (κ2) is 12.9. The molecule has 7 heteroatoms. The van der Waals surface area contributed by atoms with Gasteiger partial charge in [-0.05, 0) is 19.1 Å². The molecule has 0 aliphatic carbocycles. The molecule has 0 aliphatic heterocycles. The average molecular weight is 464 g/mol. The molecule has 180 valence electrons. The summed E-state index contributed by atoms with van der Waals surface area (Å²) in [4.78, 5) is 2.11. The van der Waals surface area contributed by atoms with Gasteiger partial charge in [-0.15, -0.1) is 6.42 Å². The fourth-order valence-corrected chi connectivity index (χ4v) is 3.65. The van der Waals surface area contributed by atoms with Crippen LogP contribution in [0.15, 0.2) is 54.6 Å². The number of aromatic nitrogens is 2. The van der Waals surface area contributed by atoms with E-state index in [1.807, 2.05) is 68.6 Å². The molecule has 0 amide bonds. The van der Waals surface area contributed by atoms with Crippen molar-refractivity contribution in [3.63, 3.8) is 0 Å². The van der Waals surface area contributed by atoms with E-state index in [1.54, 1.807) is 11.8 Å². The van der Waals surface area contributed by atoms with E-state index < -0.39 is 6.10 Å². The Bertz CT molecular complexity index is 1060. The van der Waals surface area contributed by atoms with E-state index in [4.69, 9.17) is 25.7 Å². The quantitative estimate of drug-likeness (QED) is 0.308. The molecule has 1 atom stereocenters. The Morgan fingerprint density at radius 1 is 1.15 bits per heavy atom. The van der Waals surface area contributed by atoms with E-state index in [2.05, 4.69) is 10.8 Å². The highest BCUT2D eigenvalue weighted by Gasteiger charge is 2.23. The van der Waals surface area contributed by atoms with Crippen molar-refractivity contribution in [1.82, 2.24) is 14.7 Å². The second-order valence-electron chi connectivity index (χ2n) is 8.14. The van der Waals surface area contributed by atoms with Crippen LogP contribution >= 0.6 is 0 Å². The summed E-state index contributed by atoms with van der Waals surface area (Å²) < 4.78 is 18.7. The van der Waals surface area contributed by atoms with Gasteiger partial charge in [-0.3, -0.25) is 4.90 Å². The highest BCUT2D eigenvalue weighted by Crippen LogP contribution is 2.34. The molecule has 2 aromatic carbocycles. The largest absolute Gasteiger partial charge is 0.439 e. The van der Waals surface area contributed by atoms with Crippen molar-refractivity contribution in [3.8, 4) is 35.2 Å². The van der Waals surface area contributed by atoms with Gasteiger partial charge in [0.05, 0.1) is 24.9 Å². The van der Waals surface area contributed by atoms with Gasteiger partial charge in [0.15, 0.2) is 0 Å². The molecule has 0 radical (unpaired) electrons. The van der Waals surface area contributed by atoms with Gasteiger partial charge >= 0.3 is 0 Å². The van der Waals surface area contributed by atoms with Crippen molar-refractivity contribution in [2.24, 2.45) is 7.05 Å². The molecular formula is C27H33N3O4. The molecule has 0 fully saturated rings. The maximum absolute atomic E-state index is 10.5. The molecule has 1 N–H and O–H groups in total. The number of rotatable bonds is 13. The van der Waals surface area contributed by atoms with E-state index in [1.165, 1.54) is 0 Å². The summed E-state index contributed by atoms with van der Waals surface area (Å²) in [6, 6.07) is 17.9. The van der Waals surface area contributed by atoms with Crippen LogP contribution in [0.5, 0.6) is 11.6 Å². The zero-order chi connectivity index (χ0) is 24.3. The van der Waals surface area contributed by atoms with Gasteiger partial charge in [-0.25, -0.2) is 4.68 Å². The number of aliphatic hydroxyl groups excluding tert-OH is 1. The summed E-state index contributed by atoms with van der Waals surface area (Å²) in [6.45, 7) is 4.42. The van der Waals surface area contributed by atoms with Gasteiger partial charge in [0.25, 0.3) is 0 Å². The van der Waals surface area contributed by atoms with E-state index in [9.17, 15) is 5.11 Å². The molecule has 34 heavy (non-hydrogen) atoms. The lowest BCUT2D eigenvalue weighted by molar-refractivity contribution is 0.0206. The lowest BCUT2D eigenvalue weighted by Crippen LogP contribution is -2.36. The van der Waals surface area contributed by atoms with Gasteiger partial charge in [0, 0.05) is 39.4 Å². The summed E-state index contributed by atoms with van der Waals surface area (Å²) in [5.74, 6) is 3.81. The molecule has 7 nitrogen and oxygen atoms in total. The molecule has 0 unspecified atom stereocenters. The van der Waals surface area contributed by atoms with E-state index >= 15 is 0 Å². The maximum Gasteiger partial charge on any atom is 0.222 e. The zero-order valence-electron chi connectivity index (χ0n) is 20.1. The third kappa shape index (κ3) is 7.17. The van der Waals surface area contributed by atoms with Gasteiger partial charge in [0.2, 0.25) is 5.88 Å². The maximum atomic E-state index is 10.5. The number of methoxy groups -OCH3 is 1. The Morgan fingerprint density at radius 2 is 1.88 bits per heavy atom. The molecule has 3 rings (SSSR count). The molecule has 0 spiro atoms. The van der Waals surface area contributed by atoms with Crippen LogP contribution in [-0.4, -0.2) is 65.9 Å². The first-order valence-electron chi connectivity index (χ1n) is 11.3. The molecule has 0 saturated heterocycles. The van der Waals surface area contributed by atoms with E-state index in [0.29, 0.717) is 32.1 Å². The van der Waals surface area contributed by atoms with Crippen molar-refractivity contribution in [3.05, 3.63) is 65.7 Å². The molecule has 0 aliphatic rings. The fourth-order valence-electron chi connectivity index (χ4n) is 3.65. The van der Waals surface area contributed by atoms with E-state index in [-0.39, 0.29) is 13.2 Å². The Balaban J connectivity index is 1.92. The van der Waals surface area contributed by atoms with Crippen molar-refractivity contribution in [1.29, 1.82) is 0 Å². The first kappa shape index (κ1) is 25.5. The first-order chi connectivity index (χ1) is 16.5. The van der Waals surface area contributed by atoms with Crippen LogP contribution in [0.4, 0.5) is 0 Å². The number of benzene rings is 2. The first-order valence-corrected chi connectivity index (χ1v) is 11.3. The minimum Gasteiger partial charge on any atom is -0.439 e. The summed E-state index contributed by atoms with van der Waals surface area (Å²) in [6.07, 6.45) is 4.55. The second-order valence-corrected chi connectivity index (χ2v) is 8.14. The van der Waals surface area contributed by atoms with Gasteiger partial charge in [0.1, 0.15) is 18.1 Å². The highest BCUT2D eigenvalue weighted by molar-refractivity contribution is 5.65. The van der Waals surface area contributed by atoms with Crippen LogP contribution in [0.1, 0.15) is 11.1 Å². The monoisotopic (exact) mass is 463 g/mol. The summed E-state index contributed by atoms with van der Waals surface area (Å²) >= 11 is 0. The van der Waals surface area contributed by atoms with Crippen molar-refractivity contribution in [2.75, 3.05) is 40.0 Å². The summed E-state index contributed by atoms with van der Waals surface area (Å²) in [7, 11) is 3.54. The predicted molar refractivity (Wildman–Crippen MR) is 133 cm³/mol. The number of ether oxygens (including phenoxy) is 3. The van der Waals surface area contributed by atoms with Crippen molar-refractivity contribution >= 4 is 0 Å². The Kier molecular flexibility index (Phi) is 9.68. The Morgan fingerprint density at radius 3 is 2.56 bits per heavy atom. The van der Waals surface area contributed by atoms with Crippen LogP contribution in [0, 0.1) is 19.3 Å². The predicted octanol–water partition coefficient (Wildman–Crippen LogP) is 3.65. The molecule has 1 aromatic heterocycles. The number of terminal acetylenes is 1. The Labute approximate surface area is 201 Å². The van der Waals surface area contributed by atoms with E-state index in [0.717, 1.165) is 28.1 Å². The highest BCUT2D eigenvalue weighted by atomic mass is 16.5. The fraction of sp³-hybridized carbons (Fsp3) is 0.370. The van der Waals surface area contributed by atoms with Crippen LogP contribution in [0.2, 0.25) is 0 Å². The number of nitrogens with zero attached hydrogens (tertiary/aromatic N) is 3. The molecule has 0 bridgehead atoms. The van der Waals surface area contributed by atoms with Gasteiger partial charge in [-0.2, -0.15) is 5.10 Å². The van der Waals surface area contributed by atoms with Crippen molar-refractivity contribution in [2.45, 2.75) is 19.6 Å². The normalized spacial score (nSPS) is 12.0. The topological polar surface area (TPSA) is 69.0 Å². The lowest BCUT2D eigenvalue weighted by Gasteiger charge is -2.25. The SMILES string of the molecule is C#CCOC[C@H](O)CN(CCOC)Cc1c(-c2ccccc2)nn(C)c1Oc1ccc(C)cc1. The minimum atomic E-state index is -0.691. The van der Waals surface area contributed by atoms with Crippen LogP contribution in [0.25, 0.3) is 11.3 Å². The van der Waals surface area contributed by atoms with Crippen LogP contribution in [0.3, 0.4) is 0 Å². The summed E-state index contributed by atoms with van der Waals surface area (Å²) in [5, 5.41) is 15.3. The van der Waals surface area contributed by atoms with Crippen LogP contribution < -0.4 is 4.74 Å². The van der Waals surface area contributed by atoms with Gasteiger partial charge < -0.3 is 19.3 Å². The Hall–Kier alpha value is -3.15. The van der Waals surface area contributed by atoms with Crippen molar-refractivity contribution < 1.29 is 19.3 Å². The zero-order valence-corrected chi connectivity index (χ0v) is 20.1. The van der Waals surface area contributed by atoms with Gasteiger partial charge in [-0.1, -0.05) is 53.9 Å². The minimum absolute atomic E-state index is 0.166. The third-order valence-corrected chi connectivity index (χ3v) is 5.33. The number of hydrogen-bond acceptors (Lipinski definition) is 6. The molecular weight excluding hydrogens is 430 g/mol. The smallest absolute Gasteiger partial charge is 0.222 e. The number of aliphatic hydroxyl groups is 1. The summed E-state index contributed by atoms with van der Waals surface area (Å²) in [5.41, 5.74) is 3.93. The van der Waals surface area contributed by atoms with Crippen LogP contribution in [-0.2, 0) is 23.1 Å². The number of hydrogen-bond donors (Lipinski definition) is 1. The molecule has 0 saturated carbocycles. The third-order valence-electron chi connectivity index (χ3n) is 5.33. The average Bonchev–Trinajstić information content (AvgIpc) is 3.14.